The highest BCUT2D eigenvalue weighted by molar-refractivity contribution is 5.45. The van der Waals surface area contributed by atoms with E-state index in [1.54, 1.807) is 7.11 Å². The number of aliphatic hydroxyl groups is 1. The van der Waals surface area contributed by atoms with Crippen molar-refractivity contribution in [2.75, 3.05) is 19.0 Å². The van der Waals surface area contributed by atoms with Crippen LogP contribution >= 0.6 is 0 Å². The second-order valence-electron chi connectivity index (χ2n) is 6.03. The Bertz CT molecular complexity index is 767. The van der Waals surface area contributed by atoms with Crippen LogP contribution in [0.2, 0.25) is 0 Å². The first-order chi connectivity index (χ1) is 12.2. The lowest BCUT2D eigenvalue weighted by Crippen LogP contribution is -2.12. The summed E-state index contributed by atoms with van der Waals surface area (Å²) in [7, 11) is 1.63. The highest BCUT2D eigenvalue weighted by Gasteiger charge is 2.07. The van der Waals surface area contributed by atoms with Gasteiger partial charge in [0.05, 0.1) is 13.2 Å². The molecule has 0 heterocycles. The number of ether oxygens (including phenoxy) is 1. The van der Waals surface area contributed by atoms with Crippen LogP contribution in [0.4, 0.5) is 5.69 Å². The van der Waals surface area contributed by atoms with Crippen LogP contribution in [0.25, 0.3) is 0 Å². The van der Waals surface area contributed by atoms with Gasteiger partial charge in [-0.15, -0.1) is 0 Å². The van der Waals surface area contributed by atoms with Crippen LogP contribution in [0, 0.1) is 0 Å². The van der Waals surface area contributed by atoms with Gasteiger partial charge in [-0.05, 0) is 47.4 Å². The Morgan fingerprint density at radius 1 is 0.840 bits per heavy atom. The number of rotatable bonds is 7. The largest absolute Gasteiger partial charge is 0.497 e. The lowest BCUT2D eigenvalue weighted by atomic mass is 10.0. The number of methoxy groups -OCH3 is 1. The van der Waals surface area contributed by atoms with Gasteiger partial charge >= 0.3 is 0 Å². The second-order valence-corrected chi connectivity index (χ2v) is 6.03. The van der Waals surface area contributed by atoms with Crippen molar-refractivity contribution in [3.63, 3.8) is 0 Å². The highest BCUT2D eigenvalue weighted by Crippen LogP contribution is 2.19. The van der Waals surface area contributed by atoms with E-state index < -0.39 is 6.10 Å². The number of benzene rings is 3. The van der Waals surface area contributed by atoms with E-state index in [0.29, 0.717) is 6.54 Å². The molecule has 128 valence electrons. The molecule has 0 spiro atoms. The molecule has 0 aliphatic rings. The number of hydrogen-bond acceptors (Lipinski definition) is 3. The van der Waals surface area contributed by atoms with Crippen molar-refractivity contribution in [1.82, 2.24) is 0 Å². The molecule has 3 aromatic carbocycles. The Morgan fingerprint density at radius 3 is 2.12 bits per heavy atom. The van der Waals surface area contributed by atoms with Gasteiger partial charge in [-0.3, -0.25) is 0 Å². The van der Waals surface area contributed by atoms with Gasteiger partial charge in [0.2, 0.25) is 0 Å². The zero-order valence-corrected chi connectivity index (χ0v) is 14.4. The van der Waals surface area contributed by atoms with Crippen molar-refractivity contribution >= 4 is 5.69 Å². The van der Waals surface area contributed by atoms with E-state index in [0.717, 1.165) is 23.4 Å². The lowest BCUT2D eigenvalue weighted by Gasteiger charge is -2.14. The van der Waals surface area contributed by atoms with Gasteiger partial charge in [-0.25, -0.2) is 0 Å². The molecule has 0 fully saturated rings. The van der Waals surface area contributed by atoms with Crippen LogP contribution in [0.5, 0.6) is 5.75 Å². The Labute approximate surface area is 148 Å². The number of hydrogen-bond donors (Lipinski definition) is 2. The van der Waals surface area contributed by atoms with Gasteiger partial charge in [0.1, 0.15) is 5.75 Å². The molecular weight excluding hydrogens is 310 g/mol. The average Bonchev–Trinajstić information content (AvgIpc) is 2.68. The molecule has 2 N–H and O–H groups in total. The lowest BCUT2D eigenvalue weighted by molar-refractivity contribution is 0.191. The molecule has 0 aromatic heterocycles. The van der Waals surface area contributed by atoms with E-state index in [4.69, 9.17) is 4.74 Å². The predicted octanol–water partition coefficient (Wildman–Crippen LogP) is 4.43. The smallest absolute Gasteiger partial charge is 0.118 e. The number of nitrogens with one attached hydrogen (secondary N) is 1. The molecule has 0 bridgehead atoms. The van der Waals surface area contributed by atoms with Crippen molar-refractivity contribution in [1.29, 1.82) is 0 Å². The van der Waals surface area contributed by atoms with E-state index in [-0.39, 0.29) is 0 Å². The summed E-state index contributed by atoms with van der Waals surface area (Å²) in [6.07, 6.45) is 0.366. The van der Waals surface area contributed by atoms with Crippen LogP contribution in [0.15, 0.2) is 78.9 Å². The van der Waals surface area contributed by atoms with Crippen molar-refractivity contribution in [3.05, 3.63) is 95.6 Å². The van der Waals surface area contributed by atoms with Gasteiger partial charge in [-0.2, -0.15) is 0 Å². The van der Waals surface area contributed by atoms with Gasteiger partial charge in [-0.1, -0.05) is 54.6 Å². The van der Waals surface area contributed by atoms with Gasteiger partial charge in [0.25, 0.3) is 0 Å². The summed E-state index contributed by atoms with van der Waals surface area (Å²) >= 11 is 0. The molecule has 3 aromatic rings. The van der Waals surface area contributed by atoms with Gasteiger partial charge in [0, 0.05) is 12.2 Å². The summed E-state index contributed by atoms with van der Waals surface area (Å²) in [4.78, 5) is 0. The summed E-state index contributed by atoms with van der Waals surface area (Å²) in [5.74, 6) is 0.790. The monoisotopic (exact) mass is 333 g/mol. The zero-order valence-electron chi connectivity index (χ0n) is 14.4. The summed E-state index contributed by atoms with van der Waals surface area (Å²) in [5.41, 5.74) is 4.45. The topological polar surface area (TPSA) is 41.5 Å². The normalized spacial score (nSPS) is 11.8. The molecular formula is C22H23NO2. The van der Waals surface area contributed by atoms with E-state index in [1.165, 1.54) is 11.1 Å². The van der Waals surface area contributed by atoms with Crippen LogP contribution in [0.3, 0.4) is 0 Å². The van der Waals surface area contributed by atoms with Crippen molar-refractivity contribution < 1.29 is 9.84 Å². The molecule has 1 atom stereocenters. The molecule has 0 radical (unpaired) electrons. The van der Waals surface area contributed by atoms with Crippen molar-refractivity contribution in [2.45, 2.75) is 12.5 Å². The highest BCUT2D eigenvalue weighted by atomic mass is 16.5. The maximum Gasteiger partial charge on any atom is 0.118 e. The van der Waals surface area contributed by atoms with E-state index in [2.05, 4.69) is 53.8 Å². The molecule has 3 nitrogen and oxygen atoms in total. The first-order valence-corrected chi connectivity index (χ1v) is 8.43. The third-order valence-electron chi connectivity index (χ3n) is 4.21. The minimum Gasteiger partial charge on any atom is -0.497 e. The standard InChI is InChI=1S/C22H23NO2/c1-25-21-13-9-19(10-14-21)22(24)16-23-20-11-7-18(8-12-20)15-17-5-3-2-4-6-17/h2-14,22-24H,15-16H2,1H3. The maximum absolute atomic E-state index is 10.3. The fourth-order valence-electron chi connectivity index (χ4n) is 2.73. The summed E-state index contributed by atoms with van der Waals surface area (Å²) in [6.45, 7) is 0.463. The van der Waals surface area contributed by atoms with E-state index in [9.17, 15) is 5.11 Å². The molecule has 0 saturated carbocycles. The number of aliphatic hydroxyl groups excluding tert-OH is 1. The minimum absolute atomic E-state index is 0.463. The van der Waals surface area contributed by atoms with E-state index >= 15 is 0 Å². The molecule has 3 heteroatoms. The fourth-order valence-corrected chi connectivity index (χ4v) is 2.73. The van der Waals surface area contributed by atoms with Crippen LogP contribution in [0.1, 0.15) is 22.8 Å². The summed E-state index contributed by atoms with van der Waals surface area (Å²) in [5, 5.41) is 13.6. The van der Waals surface area contributed by atoms with Gasteiger partial charge in [0.15, 0.2) is 0 Å². The molecule has 0 amide bonds. The fraction of sp³-hybridized carbons (Fsp3) is 0.182. The van der Waals surface area contributed by atoms with Crippen molar-refractivity contribution in [3.8, 4) is 5.75 Å². The van der Waals surface area contributed by atoms with Crippen molar-refractivity contribution in [2.24, 2.45) is 0 Å². The summed E-state index contributed by atoms with van der Waals surface area (Å²) < 4.78 is 5.13. The van der Waals surface area contributed by atoms with Crippen LogP contribution < -0.4 is 10.1 Å². The molecule has 25 heavy (non-hydrogen) atoms. The first-order valence-electron chi connectivity index (χ1n) is 8.43. The Hall–Kier alpha value is -2.78. The first kappa shape index (κ1) is 17.1. The third-order valence-corrected chi connectivity index (χ3v) is 4.21. The van der Waals surface area contributed by atoms with Crippen LogP contribution in [-0.4, -0.2) is 18.8 Å². The van der Waals surface area contributed by atoms with Crippen LogP contribution in [-0.2, 0) is 6.42 Å². The van der Waals surface area contributed by atoms with Gasteiger partial charge < -0.3 is 15.2 Å². The summed E-state index contributed by atoms with van der Waals surface area (Å²) in [6, 6.07) is 26.3. The quantitative estimate of drug-likeness (QED) is 0.672. The average molecular weight is 333 g/mol. The Kier molecular flexibility index (Phi) is 5.70. The number of anilines is 1. The molecule has 0 aliphatic carbocycles. The maximum atomic E-state index is 10.3. The molecule has 3 rings (SSSR count). The van der Waals surface area contributed by atoms with E-state index in [1.807, 2.05) is 30.3 Å². The Balaban J connectivity index is 1.54. The molecule has 1 unspecified atom stereocenters. The minimum atomic E-state index is -0.560. The third kappa shape index (κ3) is 4.85. The predicted molar refractivity (Wildman–Crippen MR) is 102 cm³/mol. The Morgan fingerprint density at radius 2 is 1.48 bits per heavy atom. The zero-order chi connectivity index (χ0) is 17.5. The SMILES string of the molecule is COc1ccc(C(O)CNc2ccc(Cc3ccccc3)cc2)cc1. The molecule has 0 aliphatic heterocycles. The molecule has 0 saturated heterocycles. The second kappa shape index (κ2) is 8.36.